The van der Waals surface area contributed by atoms with Crippen LogP contribution in [0.15, 0.2) is 0 Å². The van der Waals surface area contributed by atoms with Gasteiger partial charge in [-0.25, -0.2) is 0 Å². The number of hydrogen-bond donors (Lipinski definition) is 3. The Labute approximate surface area is 105 Å². The highest BCUT2D eigenvalue weighted by atomic mass is 16.5. The Bertz CT molecular complexity index is 538. The number of nitrogens with two attached hydrogens (primary N) is 1. The van der Waals surface area contributed by atoms with Gasteiger partial charge in [0.05, 0.1) is 7.11 Å². The Kier molecular flexibility index (Phi) is 3.50. The standard InChI is InChI=1S/C11H18N6O/c1-4-5-6(2)13-10-15-8(12)7-9(16-10)17-11(14-7)18-3/h6H,4-5H2,1-3H3,(H4,12,13,14,15,16,17)/t6-/m1/s1. The van der Waals surface area contributed by atoms with Gasteiger partial charge >= 0.3 is 0 Å². The van der Waals surface area contributed by atoms with Crippen LogP contribution in [0, 0.1) is 0 Å². The Morgan fingerprint density at radius 2 is 2.17 bits per heavy atom. The van der Waals surface area contributed by atoms with Crippen LogP contribution in [0.4, 0.5) is 11.8 Å². The lowest BCUT2D eigenvalue weighted by Crippen LogP contribution is -2.17. The first kappa shape index (κ1) is 12.4. The van der Waals surface area contributed by atoms with Crippen LogP contribution in [0.1, 0.15) is 26.7 Å². The molecular weight excluding hydrogens is 232 g/mol. The Balaban J connectivity index is 2.30. The van der Waals surface area contributed by atoms with E-state index in [1.165, 1.54) is 7.11 Å². The number of anilines is 2. The van der Waals surface area contributed by atoms with Crippen LogP contribution in [0.2, 0.25) is 0 Å². The van der Waals surface area contributed by atoms with E-state index in [0.717, 1.165) is 12.8 Å². The number of nitrogen functional groups attached to an aromatic ring is 1. The number of aromatic amines is 1. The Morgan fingerprint density at radius 3 is 2.83 bits per heavy atom. The molecule has 2 aromatic heterocycles. The van der Waals surface area contributed by atoms with E-state index in [1.54, 1.807) is 0 Å². The van der Waals surface area contributed by atoms with E-state index in [4.69, 9.17) is 10.5 Å². The second-order valence-electron chi connectivity index (χ2n) is 4.21. The summed E-state index contributed by atoms with van der Waals surface area (Å²) in [6.07, 6.45) is 2.15. The number of nitrogens with one attached hydrogen (secondary N) is 2. The minimum absolute atomic E-state index is 0.299. The number of aromatic nitrogens is 4. The number of imidazole rings is 1. The number of ether oxygens (including phenoxy) is 1. The quantitative estimate of drug-likeness (QED) is 0.744. The van der Waals surface area contributed by atoms with Gasteiger partial charge in [-0.2, -0.15) is 15.0 Å². The van der Waals surface area contributed by atoms with Crippen molar-refractivity contribution in [2.75, 3.05) is 18.2 Å². The largest absolute Gasteiger partial charge is 0.468 e. The van der Waals surface area contributed by atoms with E-state index >= 15 is 0 Å². The van der Waals surface area contributed by atoms with Gasteiger partial charge in [0.2, 0.25) is 5.95 Å². The average molecular weight is 250 g/mol. The molecule has 98 valence electrons. The van der Waals surface area contributed by atoms with Crippen molar-refractivity contribution < 1.29 is 4.74 Å². The highest BCUT2D eigenvalue weighted by Crippen LogP contribution is 2.20. The van der Waals surface area contributed by atoms with Gasteiger partial charge in [0.15, 0.2) is 11.5 Å². The highest BCUT2D eigenvalue weighted by Gasteiger charge is 2.12. The van der Waals surface area contributed by atoms with Crippen molar-refractivity contribution in [1.29, 1.82) is 0 Å². The minimum Gasteiger partial charge on any atom is -0.468 e. The van der Waals surface area contributed by atoms with Crippen LogP contribution >= 0.6 is 0 Å². The lowest BCUT2D eigenvalue weighted by molar-refractivity contribution is 0.386. The van der Waals surface area contributed by atoms with Gasteiger partial charge < -0.3 is 20.8 Å². The molecule has 0 unspecified atom stereocenters. The number of nitrogens with zero attached hydrogens (tertiary/aromatic N) is 3. The molecule has 7 heteroatoms. The summed E-state index contributed by atoms with van der Waals surface area (Å²) >= 11 is 0. The van der Waals surface area contributed by atoms with Crippen molar-refractivity contribution in [1.82, 2.24) is 19.9 Å². The zero-order valence-electron chi connectivity index (χ0n) is 10.8. The lowest BCUT2D eigenvalue weighted by atomic mass is 10.2. The van der Waals surface area contributed by atoms with Crippen molar-refractivity contribution in [2.45, 2.75) is 32.7 Å². The minimum atomic E-state index is 0.299. The molecular formula is C11H18N6O. The van der Waals surface area contributed by atoms with Crippen molar-refractivity contribution in [3.63, 3.8) is 0 Å². The molecule has 1 atom stereocenters. The van der Waals surface area contributed by atoms with Crippen molar-refractivity contribution in [3.05, 3.63) is 0 Å². The monoisotopic (exact) mass is 250 g/mol. The van der Waals surface area contributed by atoms with Crippen LogP contribution in [0.3, 0.4) is 0 Å². The maximum atomic E-state index is 5.86. The van der Waals surface area contributed by atoms with Crippen LogP contribution < -0.4 is 15.8 Å². The molecule has 0 fully saturated rings. The number of fused-ring (bicyclic) bond motifs is 1. The summed E-state index contributed by atoms with van der Waals surface area (Å²) in [4.78, 5) is 15.6. The van der Waals surface area contributed by atoms with Crippen LogP contribution in [-0.4, -0.2) is 33.1 Å². The van der Waals surface area contributed by atoms with E-state index in [0.29, 0.717) is 35.0 Å². The number of hydrogen-bond acceptors (Lipinski definition) is 6. The number of H-pyrrole nitrogens is 1. The molecule has 0 saturated heterocycles. The first-order valence-electron chi connectivity index (χ1n) is 5.97. The molecule has 0 radical (unpaired) electrons. The fourth-order valence-electron chi connectivity index (χ4n) is 1.78. The summed E-state index contributed by atoms with van der Waals surface area (Å²) in [6.45, 7) is 4.22. The molecule has 4 N–H and O–H groups in total. The van der Waals surface area contributed by atoms with Crippen molar-refractivity contribution in [3.8, 4) is 6.01 Å². The highest BCUT2D eigenvalue weighted by molar-refractivity contribution is 5.83. The van der Waals surface area contributed by atoms with Crippen LogP contribution in [-0.2, 0) is 0 Å². The molecule has 0 aromatic carbocycles. The van der Waals surface area contributed by atoms with E-state index < -0.39 is 0 Å². The summed E-state index contributed by atoms with van der Waals surface area (Å²) in [5.41, 5.74) is 6.96. The molecule has 0 aliphatic rings. The summed E-state index contributed by atoms with van der Waals surface area (Å²) < 4.78 is 5.00. The SMILES string of the molecule is CCC[C@@H](C)Nc1nc(N)c2[nH]c(OC)nc2n1. The van der Waals surface area contributed by atoms with Crippen molar-refractivity contribution >= 4 is 22.9 Å². The van der Waals surface area contributed by atoms with Gasteiger partial charge in [-0.05, 0) is 13.3 Å². The molecule has 2 aromatic rings. The lowest BCUT2D eigenvalue weighted by Gasteiger charge is -2.12. The first-order chi connectivity index (χ1) is 8.63. The molecule has 0 aliphatic carbocycles. The first-order valence-corrected chi connectivity index (χ1v) is 5.97. The second-order valence-corrected chi connectivity index (χ2v) is 4.21. The zero-order valence-corrected chi connectivity index (χ0v) is 10.8. The van der Waals surface area contributed by atoms with Gasteiger partial charge in [-0.3, -0.25) is 0 Å². The fourth-order valence-corrected chi connectivity index (χ4v) is 1.78. The summed E-state index contributed by atoms with van der Waals surface area (Å²) in [5, 5.41) is 3.21. The maximum absolute atomic E-state index is 5.86. The predicted octanol–water partition coefficient (Wildman–Crippen LogP) is 1.54. The van der Waals surface area contributed by atoms with E-state index in [9.17, 15) is 0 Å². The van der Waals surface area contributed by atoms with Gasteiger partial charge in [0.1, 0.15) is 5.52 Å². The summed E-state index contributed by atoms with van der Waals surface area (Å²) in [7, 11) is 1.53. The molecule has 0 aliphatic heterocycles. The van der Waals surface area contributed by atoms with Gasteiger partial charge in [0.25, 0.3) is 6.01 Å². The normalized spacial score (nSPS) is 12.6. The number of methoxy groups -OCH3 is 1. The third-order valence-corrected chi connectivity index (χ3v) is 2.65. The van der Waals surface area contributed by atoms with Gasteiger partial charge in [0, 0.05) is 6.04 Å². The van der Waals surface area contributed by atoms with Gasteiger partial charge in [-0.1, -0.05) is 13.3 Å². The molecule has 2 rings (SSSR count). The van der Waals surface area contributed by atoms with Crippen LogP contribution in [0.5, 0.6) is 6.01 Å². The third kappa shape index (κ3) is 2.44. The zero-order chi connectivity index (χ0) is 13.1. The molecule has 7 nitrogen and oxygen atoms in total. The molecule has 18 heavy (non-hydrogen) atoms. The Morgan fingerprint density at radius 1 is 1.39 bits per heavy atom. The third-order valence-electron chi connectivity index (χ3n) is 2.65. The fraction of sp³-hybridized carbons (Fsp3) is 0.545. The predicted molar refractivity (Wildman–Crippen MR) is 70.6 cm³/mol. The molecule has 0 amide bonds. The van der Waals surface area contributed by atoms with E-state index in [-0.39, 0.29) is 0 Å². The van der Waals surface area contributed by atoms with E-state index in [2.05, 4.69) is 39.1 Å². The van der Waals surface area contributed by atoms with E-state index in [1.807, 2.05) is 0 Å². The maximum Gasteiger partial charge on any atom is 0.295 e. The molecule has 0 bridgehead atoms. The summed E-state index contributed by atoms with van der Waals surface area (Å²) in [5.74, 6) is 0.858. The molecule has 2 heterocycles. The number of rotatable bonds is 5. The topological polar surface area (TPSA) is 102 Å². The molecule has 0 spiro atoms. The second kappa shape index (κ2) is 5.07. The average Bonchev–Trinajstić information content (AvgIpc) is 2.72. The van der Waals surface area contributed by atoms with Crippen molar-refractivity contribution in [2.24, 2.45) is 0 Å². The Hall–Kier alpha value is -2.05. The van der Waals surface area contributed by atoms with Crippen LogP contribution in [0.25, 0.3) is 11.2 Å². The summed E-state index contributed by atoms with van der Waals surface area (Å²) in [6, 6.07) is 0.678. The smallest absolute Gasteiger partial charge is 0.295 e. The van der Waals surface area contributed by atoms with Gasteiger partial charge in [-0.15, -0.1) is 0 Å². The molecule has 0 saturated carbocycles.